The summed E-state index contributed by atoms with van der Waals surface area (Å²) in [4.78, 5) is 0. The molecule has 0 radical (unpaired) electrons. The third-order valence-electron chi connectivity index (χ3n) is 15.2. The highest BCUT2D eigenvalue weighted by Gasteiger charge is 2.39. The molecule has 1 aliphatic rings. The predicted molar refractivity (Wildman–Crippen MR) is 342 cm³/mol. The Labute approximate surface area is 523 Å². The summed E-state index contributed by atoms with van der Waals surface area (Å²) in [6.07, 6.45) is 9.78. The van der Waals surface area contributed by atoms with Gasteiger partial charge in [0.1, 0.15) is 46.0 Å². The first kappa shape index (κ1) is 74.6. The Hall–Kier alpha value is -4.12. The van der Waals surface area contributed by atoms with E-state index in [9.17, 15) is 20.4 Å². The lowest BCUT2D eigenvalue weighted by Crippen LogP contribution is -2.13. The Morgan fingerprint density at radius 1 is 0.273 bits per heavy atom. The number of aromatic hydroxyl groups is 4. The van der Waals surface area contributed by atoms with E-state index < -0.39 is 55.0 Å². The molecule has 4 aromatic carbocycles. The lowest BCUT2D eigenvalue weighted by molar-refractivity contribution is 0.148. The Kier molecular flexibility index (Phi) is 30.7. The van der Waals surface area contributed by atoms with Crippen LogP contribution in [-0.2, 0) is 54.5 Å². The van der Waals surface area contributed by atoms with Crippen molar-refractivity contribution in [3.63, 3.8) is 0 Å². The van der Waals surface area contributed by atoms with E-state index in [1.807, 2.05) is 55.4 Å². The summed E-state index contributed by atoms with van der Waals surface area (Å²) in [6, 6.07) is 11.7. The van der Waals surface area contributed by atoms with E-state index in [0.717, 1.165) is 0 Å². The van der Waals surface area contributed by atoms with E-state index in [1.54, 1.807) is 52.0 Å². The van der Waals surface area contributed by atoms with E-state index >= 15 is 18.3 Å². The summed E-state index contributed by atoms with van der Waals surface area (Å²) >= 11 is 0. The SMILES string of the molecule is CCCCOP(=O)(OCCCC)Oc1cc(OP(=O)(OCCCC)OCCCC)c2cc1[C@H](C)c1cc(c(O)cc1O)[C@H](C)c1cc(c(OP(=O)(OCCCC)OCCCC)cc1OP(=O)(OCCCC)OCCCC)[C@H](C)c1cc(c(O)cc1O)[C@@H]2C. The van der Waals surface area contributed by atoms with Crippen molar-refractivity contribution in [2.75, 3.05) is 52.9 Å². The average molecular weight is 1310 g/mol. The van der Waals surface area contributed by atoms with E-state index in [2.05, 4.69) is 0 Å². The normalized spacial score (nSPS) is 16.4. The third kappa shape index (κ3) is 21.0. The zero-order chi connectivity index (χ0) is 64.7. The lowest BCUT2D eigenvalue weighted by atomic mass is 9.81. The van der Waals surface area contributed by atoms with Gasteiger partial charge in [-0.2, -0.15) is 0 Å². The number of fused-ring (bicyclic) bond motifs is 8. The van der Waals surface area contributed by atoms with Gasteiger partial charge in [0.25, 0.3) is 0 Å². The van der Waals surface area contributed by atoms with Crippen molar-refractivity contribution in [1.29, 1.82) is 0 Å². The molecule has 0 saturated carbocycles. The van der Waals surface area contributed by atoms with Gasteiger partial charge in [0.05, 0.1) is 52.9 Å². The number of rotatable bonds is 40. The van der Waals surface area contributed by atoms with Gasteiger partial charge in [0, 0.05) is 92.4 Å². The fraction of sp³-hybridized carbons (Fsp3) is 0.625. The molecular formula is C64H100O20P4. The van der Waals surface area contributed by atoms with Gasteiger partial charge in [0.15, 0.2) is 0 Å². The molecule has 0 amide bonds. The summed E-state index contributed by atoms with van der Waals surface area (Å²) in [5, 5.41) is 48.5. The van der Waals surface area contributed by atoms with Gasteiger partial charge in [-0.25, -0.2) is 18.3 Å². The molecule has 0 heterocycles. The molecule has 0 unspecified atom stereocenters. The number of phosphoric acid groups is 4. The van der Waals surface area contributed by atoms with Crippen molar-refractivity contribution in [3.8, 4) is 46.0 Å². The number of phosphoric ester groups is 4. The molecule has 0 spiro atoms. The zero-order valence-electron chi connectivity index (χ0n) is 54.0. The van der Waals surface area contributed by atoms with Gasteiger partial charge >= 0.3 is 31.3 Å². The van der Waals surface area contributed by atoms with E-state index in [1.165, 1.54) is 24.3 Å². The molecule has 496 valence electrons. The molecule has 0 saturated heterocycles. The van der Waals surface area contributed by atoms with Crippen molar-refractivity contribution < 1.29 is 93.0 Å². The van der Waals surface area contributed by atoms with Gasteiger partial charge in [-0.05, 0) is 75.6 Å². The Morgan fingerprint density at radius 2 is 0.432 bits per heavy atom. The average Bonchev–Trinajstić information content (AvgIpc) is 1.69. The summed E-state index contributed by atoms with van der Waals surface area (Å²) in [5.41, 5.74) is 2.00. The van der Waals surface area contributed by atoms with Gasteiger partial charge in [-0.3, -0.25) is 36.2 Å². The Balaban J connectivity index is 1.99. The number of hydrogen-bond donors (Lipinski definition) is 4. The molecular weight excluding hydrogens is 1210 g/mol. The first-order valence-corrected chi connectivity index (χ1v) is 37.7. The van der Waals surface area contributed by atoms with E-state index in [-0.39, 0.29) is 143 Å². The van der Waals surface area contributed by atoms with Crippen molar-refractivity contribution in [1.82, 2.24) is 0 Å². The van der Waals surface area contributed by atoms with Crippen molar-refractivity contribution in [2.45, 2.75) is 209 Å². The third-order valence-corrected chi connectivity index (χ3v) is 20.9. The van der Waals surface area contributed by atoms with Crippen LogP contribution in [0.3, 0.4) is 0 Å². The molecule has 24 heteroatoms. The minimum Gasteiger partial charge on any atom is -0.508 e. The maximum atomic E-state index is 15.0. The minimum atomic E-state index is -4.51. The van der Waals surface area contributed by atoms with Gasteiger partial charge in [-0.1, -0.05) is 134 Å². The van der Waals surface area contributed by atoms with Crippen LogP contribution in [0.1, 0.15) is 254 Å². The molecule has 8 bridgehead atoms. The molecule has 0 fully saturated rings. The number of benzene rings is 4. The summed E-state index contributed by atoms with van der Waals surface area (Å²) < 4.78 is 134. The second-order valence-corrected chi connectivity index (χ2v) is 28.7. The summed E-state index contributed by atoms with van der Waals surface area (Å²) in [7, 11) is -18.0. The molecule has 4 atom stereocenters. The summed E-state index contributed by atoms with van der Waals surface area (Å²) in [5.74, 6) is -5.65. The minimum absolute atomic E-state index is 0.0143. The van der Waals surface area contributed by atoms with Crippen LogP contribution in [0.4, 0.5) is 0 Å². The number of hydrogen-bond acceptors (Lipinski definition) is 20. The quantitative estimate of drug-likeness (QED) is 0.0238. The van der Waals surface area contributed by atoms with Gasteiger partial charge in [-0.15, -0.1) is 0 Å². The molecule has 1 aliphatic carbocycles. The highest BCUT2D eigenvalue weighted by atomic mass is 31.2. The van der Waals surface area contributed by atoms with E-state index in [0.29, 0.717) is 103 Å². The maximum absolute atomic E-state index is 15.0. The maximum Gasteiger partial charge on any atom is 0.530 e. The fourth-order valence-corrected chi connectivity index (χ4v) is 14.7. The fourth-order valence-electron chi connectivity index (χ4n) is 9.55. The van der Waals surface area contributed by atoms with E-state index in [4.69, 9.17) is 54.3 Å². The van der Waals surface area contributed by atoms with Crippen LogP contribution in [0.15, 0.2) is 48.5 Å². The molecule has 20 nitrogen and oxygen atoms in total. The van der Waals surface area contributed by atoms with Crippen LogP contribution >= 0.6 is 31.3 Å². The largest absolute Gasteiger partial charge is 0.530 e. The van der Waals surface area contributed by atoms with Crippen molar-refractivity contribution in [3.05, 3.63) is 93.0 Å². The molecule has 4 aromatic rings. The molecule has 5 rings (SSSR count). The highest BCUT2D eigenvalue weighted by molar-refractivity contribution is 7.49. The van der Waals surface area contributed by atoms with Crippen LogP contribution in [0.2, 0.25) is 0 Å². The van der Waals surface area contributed by atoms with Crippen LogP contribution < -0.4 is 18.1 Å². The zero-order valence-corrected chi connectivity index (χ0v) is 57.6. The molecule has 88 heavy (non-hydrogen) atoms. The Bertz CT molecular complexity index is 2590. The predicted octanol–water partition coefficient (Wildman–Crippen LogP) is 19.9. The van der Waals surface area contributed by atoms with Crippen LogP contribution in [0, 0.1) is 0 Å². The van der Waals surface area contributed by atoms with Crippen LogP contribution in [-0.4, -0.2) is 73.3 Å². The smallest absolute Gasteiger partial charge is 0.508 e. The highest BCUT2D eigenvalue weighted by Crippen LogP contribution is 2.60. The monoisotopic (exact) mass is 1310 g/mol. The standard InChI is InChI=1S/C64H100O20P4/c1-13-21-29-73-85(69,74-30-22-14-2)81-61-43-62(82-86(70,75-31-23-15-3)76-32-24-16-4)54-39-53(61)45(9)49-37-50(58(66)41-57(49)65)47(11)55-40-56(48(12)52-38-51(46(54)10)59(67)42-60(52)68)64(84-88(72,79-35-27-19-7)80-36-28-20-8)44-63(55)83-87(71,77-33-25-17-5)78-34-26-18-6/h37-48,65-68H,13-36H2,1-12H3/t45-,46+,47+,48-. The number of phenols is 4. The first-order valence-electron chi connectivity index (χ1n) is 31.8. The molecule has 0 aliphatic heterocycles. The second-order valence-electron chi connectivity index (χ2n) is 22.3. The number of phenolic OH excluding ortho intramolecular Hbond substituents is 4. The topological polar surface area (TPSA) is 260 Å². The van der Waals surface area contributed by atoms with Crippen molar-refractivity contribution >= 4 is 31.3 Å². The first-order chi connectivity index (χ1) is 42.0. The molecule has 0 aromatic heterocycles. The lowest BCUT2D eigenvalue weighted by Gasteiger charge is -2.29. The molecule has 4 N–H and O–H groups in total. The van der Waals surface area contributed by atoms with Crippen molar-refractivity contribution in [2.24, 2.45) is 0 Å². The Morgan fingerprint density at radius 3 is 0.591 bits per heavy atom. The van der Waals surface area contributed by atoms with Crippen LogP contribution in [0.25, 0.3) is 0 Å². The number of unbranched alkanes of at least 4 members (excludes halogenated alkanes) is 8. The second kappa shape index (κ2) is 36.2. The van der Waals surface area contributed by atoms with Gasteiger partial charge in [0.2, 0.25) is 0 Å². The summed E-state index contributed by atoms with van der Waals surface area (Å²) in [6.45, 7) is 22.8. The van der Waals surface area contributed by atoms with Gasteiger partial charge < -0.3 is 38.5 Å². The van der Waals surface area contributed by atoms with Crippen LogP contribution in [0.5, 0.6) is 46.0 Å².